The predicted molar refractivity (Wildman–Crippen MR) is 158 cm³/mol. The topological polar surface area (TPSA) is 24.1 Å². The van der Waals surface area contributed by atoms with Gasteiger partial charge in [-0.15, -0.1) is 0 Å². The van der Waals surface area contributed by atoms with Gasteiger partial charge < -0.3 is 10.6 Å². The summed E-state index contributed by atoms with van der Waals surface area (Å²) in [6.45, 7) is 1.99. The molecule has 0 amide bonds. The van der Waals surface area contributed by atoms with Crippen LogP contribution in [0.15, 0.2) is 84.9 Å². The molecule has 2 nitrogen and oxygen atoms in total. The SMILES string of the molecule is c1ccc2cc(CNC3CCC(CC4CCC(NCc5ccc6ccccc6c5)CC4)CC3)ccc2c1. The summed E-state index contributed by atoms with van der Waals surface area (Å²) >= 11 is 0. The van der Waals surface area contributed by atoms with E-state index in [1.807, 2.05) is 0 Å². The van der Waals surface area contributed by atoms with Gasteiger partial charge in [0, 0.05) is 25.2 Å². The second-order valence-electron chi connectivity index (χ2n) is 11.8. The Morgan fingerprint density at radius 1 is 0.459 bits per heavy atom. The van der Waals surface area contributed by atoms with Crippen molar-refractivity contribution in [2.75, 3.05) is 0 Å². The molecule has 2 fully saturated rings. The van der Waals surface area contributed by atoms with E-state index in [-0.39, 0.29) is 0 Å². The number of hydrogen-bond donors (Lipinski definition) is 2. The molecule has 2 N–H and O–H groups in total. The van der Waals surface area contributed by atoms with Crippen LogP contribution in [-0.2, 0) is 13.1 Å². The van der Waals surface area contributed by atoms with E-state index >= 15 is 0 Å². The summed E-state index contributed by atoms with van der Waals surface area (Å²) in [5, 5.41) is 13.1. The van der Waals surface area contributed by atoms with E-state index in [0.717, 1.165) is 24.9 Å². The first-order valence-corrected chi connectivity index (χ1v) is 14.7. The molecule has 0 radical (unpaired) electrons. The van der Waals surface area contributed by atoms with Crippen LogP contribution >= 0.6 is 0 Å². The minimum atomic E-state index is 0.692. The molecule has 37 heavy (non-hydrogen) atoms. The van der Waals surface area contributed by atoms with Crippen LogP contribution in [0, 0.1) is 11.8 Å². The van der Waals surface area contributed by atoms with Gasteiger partial charge in [-0.25, -0.2) is 0 Å². The van der Waals surface area contributed by atoms with Crippen LogP contribution in [0.2, 0.25) is 0 Å². The Bertz CT molecular complexity index is 1190. The quantitative estimate of drug-likeness (QED) is 0.259. The van der Waals surface area contributed by atoms with Crippen molar-refractivity contribution in [3.63, 3.8) is 0 Å². The fraction of sp³-hybridized carbons (Fsp3) is 0.429. The van der Waals surface area contributed by atoms with Crippen molar-refractivity contribution in [1.82, 2.24) is 10.6 Å². The maximum absolute atomic E-state index is 3.86. The van der Waals surface area contributed by atoms with Gasteiger partial charge in [0.2, 0.25) is 0 Å². The smallest absolute Gasteiger partial charge is 0.0208 e. The molecule has 6 rings (SSSR count). The second kappa shape index (κ2) is 11.8. The first-order valence-electron chi connectivity index (χ1n) is 14.7. The Morgan fingerprint density at radius 3 is 1.30 bits per heavy atom. The van der Waals surface area contributed by atoms with Crippen molar-refractivity contribution in [3.8, 4) is 0 Å². The van der Waals surface area contributed by atoms with Crippen LogP contribution in [-0.4, -0.2) is 12.1 Å². The molecule has 2 aliphatic carbocycles. The van der Waals surface area contributed by atoms with Crippen LogP contribution in [0.1, 0.15) is 68.9 Å². The largest absolute Gasteiger partial charge is 0.310 e. The summed E-state index contributed by atoms with van der Waals surface area (Å²) in [5.74, 6) is 1.90. The molecule has 2 heteroatoms. The normalized spacial score (nSPS) is 24.4. The zero-order chi connectivity index (χ0) is 24.9. The molecule has 0 spiro atoms. The fourth-order valence-corrected chi connectivity index (χ4v) is 6.90. The molecule has 4 aromatic rings. The van der Waals surface area contributed by atoms with Crippen molar-refractivity contribution in [2.24, 2.45) is 11.8 Å². The number of nitrogens with one attached hydrogen (secondary N) is 2. The summed E-state index contributed by atoms with van der Waals surface area (Å²) < 4.78 is 0. The van der Waals surface area contributed by atoms with Crippen LogP contribution in [0.3, 0.4) is 0 Å². The van der Waals surface area contributed by atoms with Gasteiger partial charge in [-0.3, -0.25) is 0 Å². The van der Waals surface area contributed by atoms with E-state index in [0.29, 0.717) is 12.1 Å². The number of hydrogen-bond acceptors (Lipinski definition) is 2. The lowest BCUT2D eigenvalue weighted by Crippen LogP contribution is -2.35. The molecule has 0 aromatic heterocycles. The van der Waals surface area contributed by atoms with E-state index < -0.39 is 0 Å². The van der Waals surface area contributed by atoms with Gasteiger partial charge in [0.05, 0.1) is 0 Å². The highest BCUT2D eigenvalue weighted by Gasteiger charge is 2.26. The van der Waals surface area contributed by atoms with Crippen LogP contribution in [0.5, 0.6) is 0 Å². The molecule has 0 saturated heterocycles. The molecule has 4 aromatic carbocycles. The highest BCUT2D eigenvalue weighted by atomic mass is 14.9. The first kappa shape index (κ1) is 24.6. The average molecular weight is 491 g/mol. The monoisotopic (exact) mass is 490 g/mol. The van der Waals surface area contributed by atoms with Crippen molar-refractivity contribution in [3.05, 3.63) is 96.1 Å². The van der Waals surface area contributed by atoms with Gasteiger partial charge in [0.25, 0.3) is 0 Å². The van der Waals surface area contributed by atoms with Gasteiger partial charge in [-0.2, -0.15) is 0 Å². The molecule has 0 unspecified atom stereocenters. The van der Waals surface area contributed by atoms with Crippen LogP contribution in [0.25, 0.3) is 21.5 Å². The Labute approximate surface area is 222 Å². The minimum absolute atomic E-state index is 0.692. The van der Waals surface area contributed by atoms with Crippen molar-refractivity contribution in [1.29, 1.82) is 0 Å². The van der Waals surface area contributed by atoms with E-state index in [9.17, 15) is 0 Å². The van der Waals surface area contributed by atoms with Gasteiger partial charge in [0.15, 0.2) is 0 Å². The minimum Gasteiger partial charge on any atom is -0.310 e. The lowest BCUT2D eigenvalue weighted by molar-refractivity contribution is 0.206. The molecule has 192 valence electrons. The molecule has 0 bridgehead atoms. The molecule has 0 atom stereocenters. The summed E-state index contributed by atoms with van der Waals surface area (Å²) in [7, 11) is 0. The van der Waals surface area contributed by atoms with E-state index in [4.69, 9.17) is 0 Å². The third-order valence-corrected chi connectivity index (χ3v) is 9.18. The van der Waals surface area contributed by atoms with Crippen LogP contribution in [0.4, 0.5) is 0 Å². The van der Waals surface area contributed by atoms with E-state index in [2.05, 4.69) is 95.6 Å². The van der Waals surface area contributed by atoms with E-state index in [1.165, 1.54) is 90.5 Å². The van der Waals surface area contributed by atoms with Gasteiger partial charge in [0.1, 0.15) is 0 Å². The zero-order valence-electron chi connectivity index (χ0n) is 22.2. The van der Waals surface area contributed by atoms with Crippen molar-refractivity contribution >= 4 is 21.5 Å². The lowest BCUT2D eigenvalue weighted by Gasteiger charge is -2.34. The maximum Gasteiger partial charge on any atom is 0.0208 e. The van der Waals surface area contributed by atoms with E-state index in [1.54, 1.807) is 0 Å². The zero-order valence-corrected chi connectivity index (χ0v) is 22.2. The number of benzene rings is 4. The van der Waals surface area contributed by atoms with Gasteiger partial charge in [-0.1, -0.05) is 72.8 Å². The third kappa shape index (κ3) is 6.43. The standard InChI is InChI=1S/C35H42N2/c1-3-7-32-22-28(9-15-30(32)5-1)24-36-34-17-11-26(12-18-34)21-27-13-19-35(20-14-27)37-25-29-10-16-31-6-2-4-8-33(31)23-29/h1-10,15-16,22-23,26-27,34-37H,11-14,17-21,24-25H2. The second-order valence-corrected chi connectivity index (χ2v) is 11.8. The number of fused-ring (bicyclic) bond motifs is 2. The molecule has 0 aliphatic heterocycles. The molecule has 2 saturated carbocycles. The number of rotatable bonds is 8. The molecule has 2 aliphatic rings. The summed E-state index contributed by atoms with van der Waals surface area (Å²) in [5.41, 5.74) is 2.82. The van der Waals surface area contributed by atoms with Gasteiger partial charge >= 0.3 is 0 Å². The third-order valence-electron chi connectivity index (χ3n) is 9.18. The molecular formula is C35H42N2. The Hall–Kier alpha value is -2.68. The Morgan fingerprint density at radius 2 is 0.865 bits per heavy atom. The maximum atomic E-state index is 3.86. The highest BCUT2D eigenvalue weighted by Crippen LogP contribution is 2.35. The van der Waals surface area contributed by atoms with Gasteiger partial charge in [-0.05, 0) is 114 Å². The summed E-state index contributed by atoms with van der Waals surface area (Å²) in [4.78, 5) is 0. The van der Waals surface area contributed by atoms with Crippen molar-refractivity contribution < 1.29 is 0 Å². The van der Waals surface area contributed by atoms with Crippen molar-refractivity contribution in [2.45, 2.75) is 83.0 Å². The fourth-order valence-electron chi connectivity index (χ4n) is 6.90. The predicted octanol–water partition coefficient (Wildman–Crippen LogP) is 8.38. The summed E-state index contributed by atoms with van der Waals surface area (Å²) in [6.07, 6.45) is 12.5. The first-order chi connectivity index (χ1) is 18.3. The Balaban J connectivity index is 0.888. The molecular weight excluding hydrogens is 448 g/mol. The molecule has 0 heterocycles. The highest BCUT2D eigenvalue weighted by molar-refractivity contribution is 5.83. The average Bonchev–Trinajstić information content (AvgIpc) is 2.96. The summed E-state index contributed by atoms with van der Waals surface area (Å²) in [6, 6.07) is 32.5. The van der Waals surface area contributed by atoms with Crippen LogP contribution < -0.4 is 10.6 Å². The lowest BCUT2D eigenvalue weighted by atomic mass is 9.75. The Kier molecular flexibility index (Phi) is 7.86.